The van der Waals surface area contributed by atoms with E-state index in [0.29, 0.717) is 12.0 Å². The molecule has 0 aliphatic carbocycles. The van der Waals surface area contributed by atoms with E-state index < -0.39 is 11.9 Å². The number of ether oxygens (including phenoxy) is 1. The highest BCUT2D eigenvalue weighted by molar-refractivity contribution is 5.98. The third kappa shape index (κ3) is 1.81. The molecule has 1 unspecified atom stereocenters. The van der Waals surface area contributed by atoms with Crippen molar-refractivity contribution in [2.24, 2.45) is 5.92 Å². The van der Waals surface area contributed by atoms with Gasteiger partial charge in [0.15, 0.2) is 0 Å². The van der Waals surface area contributed by atoms with Gasteiger partial charge in [-0.15, -0.1) is 0 Å². The standard InChI is InChI=1S/C12H10O3/c1-8-2-4-9(5-3-8)11-6-10(7-13)12(14)15-11/h2-7,10H,1H3. The number of carbonyl (C=O) groups is 2. The van der Waals surface area contributed by atoms with Crippen LogP contribution in [-0.2, 0) is 14.3 Å². The first-order valence-electron chi connectivity index (χ1n) is 4.66. The molecular weight excluding hydrogens is 192 g/mol. The Labute approximate surface area is 87.4 Å². The second-order valence-electron chi connectivity index (χ2n) is 3.48. The molecule has 0 aromatic heterocycles. The predicted molar refractivity (Wildman–Crippen MR) is 54.8 cm³/mol. The van der Waals surface area contributed by atoms with Crippen molar-refractivity contribution in [3.63, 3.8) is 0 Å². The van der Waals surface area contributed by atoms with Gasteiger partial charge in [-0.1, -0.05) is 29.8 Å². The molecule has 0 bridgehead atoms. The average Bonchev–Trinajstić information content (AvgIpc) is 2.61. The number of hydrogen-bond acceptors (Lipinski definition) is 3. The molecule has 15 heavy (non-hydrogen) atoms. The monoisotopic (exact) mass is 202 g/mol. The first kappa shape index (κ1) is 9.65. The van der Waals surface area contributed by atoms with Crippen LogP contribution in [-0.4, -0.2) is 12.3 Å². The SMILES string of the molecule is Cc1ccc(C2=CC(C=O)C(=O)O2)cc1. The topological polar surface area (TPSA) is 43.4 Å². The summed E-state index contributed by atoms with van der Waals surface area (Å²) in [7, 11) is 0. The number of cyclic esters (lactones) is 1. The summed E-state index contributed by atoms with van der Waals surface area (Å²) in [5.74, 6) is -0.779. The van der Waals surface area contributed by atoms with E-state index in [1.165, 1.54) is 0 Å². The van der Waals surface area contributed by atoms with Crippen molar-refractivity contribution < 1.29 is 14.3 Å². The van der Waals surface area contributed by atoms with Gasteiger partial charge < -0.3 is 9.53 Å². The number of carbonyl (C=O) groups excluding carboxylic acids is 2. The third-order valence-electron chi connectivity index (χ3n) is 2.30. The highest BCUT2D eigenvalue weighted by Gasteiger charge is 2.27. The van der Waals surface area contributed by atoms with E-state index in [1.54, 1.807) is 6.08 Å². The Bertz CT molecular complexity index is 429. The van der Waals surface area contributed by atoms with Crippen molar-refractivity contribution in [1.82, 2.24) is 0 Å². The van der Waals surface area contributed by atoms with Gasteiger partial charge in [0.1, 0.15) is 18.0 Å². The zero-order valence-electron chi connectivity index (χ0n) is 8.27. The lowest BCUT2D eigenvalue weighted by Gasteiger charge is -2.01. The fourth-order valence-corrected chi connectivity index (χ4v) is 1.41. The van der Waals surface area contributed by atoms with Crippen LogP contribution >= 0.6 is 0 Å². The Morgan fingerprint density at radius 3 is 2.47 bits per heavy atom. The number of aryl methyl sites for hydroxylation is 1. The van der Waals surface area contributed by atoms with Crippen molar-refractivity contribution in [1.29, 1.82) is 0 Å². The van der Waals surface area contributed by atoms with Crippen molar-refractivity contribution in [3.8, 4) is 0 Å². The van der Waals surface area contributed by atoms with Crippen LogP contribution < -0.4 is 0 Å². The number of aldehydes is 1. The molecule has 2 rings (SSSR count). The number of hydrogen-bond donors (Lipinski definition) is 0. The Hall–Kier alpha value is -1.90. The second-order valence-corrected chi connectivity index (χ2v) is 3.48. The van der Waals surface area contributed by atoms with Crippen LogP contribution in [0.4, 0.5) is 0 Å². The second kappa shape index (κ2) is 3.69. The molecule has 1 heterocycles. The Morgan fingerprint density at radius 1 is 1.27 bits per heavy atom. The van der Waals surface area contributed by atoms with E-state index in [0.717, 1.165) is 11.1 Å². The summed E-state index contributed by atoms with van der Waals surface area (Å²) in [6.45, 7) is 1.98. The quantitative estimate of drug-likeness (QED) is 0.416. The van der Waals surface area contributed by atoms with Gasteiger partial charge in [0.25, 0.3) is 0 Å². The maximum absolute atomic E-state index is 11.2. The molecule has 0 saturated heterocycles. The minimum atomic E-state index is -0.749. The summed E-state index contributed by atoms with van der Waals surface area (Å²) in [5, 5.41) is 0. The van der Waals surface area contributed by atoms with Gasteiger partial charge in [0.2, 0.25) is 0 Å². The van der Waals surface area contributed by atoms with Gasteiger partial charge in [-0.25, -0.2) is 0 Å². The summed E-state index contributed by atoms with van der Waals surface area (Å²) >= 11 is 0. The molecule has 1 atom stereocenters. The van der Waals surface area contributed by atoms with E-state index in [9.17, 15) is 9.59 Å². The minimum Gasteiger partial charge on any atom is -0.425 e. The molecule has 0 radical (unpaired) electrons. The molecule has 1 aromatic carbocycles. The zero-order valence-corrected chi connectivity index (χ0v) is 8.27. The minimum absolute atomic E-state index is 0.470. The summed E-state index contributed by atoms with van der Waals surface area (Å²) in [6, 6.07) is 7.58. The fourth-order valence-electron chi connectivity index (χ4n) is 1.41. The Kier molecular flexibility index (Phi) is 2.37. The van der Waals surface area contributed by atoms with E-state index in [4.69, 9.17) is 4.74 Å². The molecule has 0 fully saturated rings. The van der Waals surface area contributed by atoms with Crippen molar-refractivity contribution >= 4 is 18.0 Å². The van der Waals surface area contributed by atoms with E-state index in [-0.39, 0.29) is 0 Å². The molecule has 76 valence electrons. The molecular formula is C12H10O3. The summed E-state index contributed by atoms with van der Waals surface area (Å²) in [4.78, 5) is 21.7. The molecule has 3 heteroatoms. The first-order chi connectivity index (χ1) is 7.20. The third-order valence-corrected chi connectivity index (χ3v) is 2.30. The van der Waals surface area contributed by atoms with Crippen LogP contribution in [0.2, 0.25) is 0 Å². The summed E-state index contributed by atoms with van der Waals surface area (Å²) < 4.78 is 4.98. The highest BCUT2D eigenvalue weighted by atomic mass is 16.5. The van der Waals surface area contributed by atoms with Gasteiger partial charge in [0.05, 0.1) is 0 Å². The van der Waals surface area contributed by atoms with Crippen LogP contribution in [0.5, 0.6) is 0 Å². The zero-order chi connectivity index (χ0) is 10.8. The van der Waals surface area contributed by atoms with Gasteiger partial charge in [0, 0.05) is 5.56 Å². The summed E-state index contributed by atoms with van der Waals surface area (Å²) in [6.07, 6.45) is 2.13. The van der Waals surface area contributed by atoms with Crippen molar-refractivity contribution in [2.45, 2.75) is 6.92 Å². The van der Waals surface area contributed by atoms with Crippen LogP contribution in [0.15, 0.2) is 30.3 Å². The maximum atomic E-state index is 11.2. The number of esters is 1. The largest absolute Gasteiger partial charge is 0.425 e. The lowest BCUT2D eigenvalue weighted by atomic mass is 10.1. The highest BCUT2D eigenvalue weighted by Crippen LogP contribution is 2.25. The van der Waals surface area contributed by atoms with Gasteiger partial charge in [-0.3, -0.25) is 4.79 Å². The van der Waals surface area contributed by atoms with Crippen LogP contribution in [0.3, 0.4) is 0 Å². The Balaban J connectivity index is 2.30. The molecule has 1 aliphatic heterocycles. The number of rotatable bonds is 2. The molecule has 1 aromatic rings. The van der Waals surface area contributed by atoms with Crippen LogP contribution in [0.25, 0.3) is 5.76 Å². The van der Waals surface area contributed by atoms with Crippen molar-refractivity contribution in [2.75, 3.05) is 0 Å². The van der Waals surface area contributed by atoms with Gasteiger partial charge >= 0.3 is 5.97 Å². The first-order valence-corrected chi connectivity index (χ1v) is 4.66. The predicted octanol–water partition coefficient (Wildman–Crippen LogP) is 1.71. The smallest absolute Gasteiger partial charge is 0.325 e. The Morgan fingerprint density at radius 2 is 1.93 bits per heavy atom. The van der Waals surface area contributed by atoms with Crippen molar-refractivity contribution in [3.05, 3.63) is 41.5 Å². The summed E-state index contributed by atoms with van der Waals surface area (Å²) in [5.41, 5.74) is 1.95. The lowest BCUT2D eigenvalue weighted by molar-refractivity contribution is -0.139. The number of benzene rings is 1. The van der Waals surface area contributed by atoms with Crippen LogP contribution in [0.1, 0.15) is 11.1 Å². The molecule has 0 spiro atoms. The van der Waals surface area contributed by atoms with E-state index in [2.05, 4.69) is 0 Å². The fraction of sp³-hybridized carbons (Fsp3) is 0.167. The lowest BCUT2D eigenvalue weighted by Crippen LogP contribution is -2.08. The normalized spacial score (nSPS) is 19.7. The van der Waals surface area contributed by atoms with Gasteiger partial charge in [-0.05, 0) is 13.0 Å². The average molecular weight is 202 g/mol. The van der Waals surface area contributed by atoms with E-state index >= 15 is 0 Å². The van der Waals surface area contributed by atoms with Gasteiger partial charge in [-0.2, -0.15) is 0 Å². The molecule has 3 nitrogen and oxygen atoms in total. The molecule has 0 N–H and O–H groups in total. The molecule has 0 saturated carbocycles. The van der Waals surface area contributed by atoms with E-state index in [1.807, 2.05) is 31.2 Å². The molecule has 0 amide bonds. The maximum Gasteiger partial charge on any atom is 0.325 e. The van der Waals surface area contributed by atoms with Crippen LogP contribution in [0, 0.1) is 12.8 Å². The molecule has 1 aliphatic rings.